The van der Waals surface area contributed by atoms with E-state index in [1.165, 1.54) is 30.7 Å². The van der Waals surface area contributed by atoms with Crippen molar-refractivity contribution < 1.29 is 13.2 Å². The van der Waals surface area contributed by atoms with Crippen LogP contribution in [0.3, 0.4) is 0 Å². The fourth-order valence-corrected chi connectivity index (χ4v) is 4.19. The molecule has 0 spiro atoms. The van der Waals surface area contributed by atoms with Gasteiger partial charge in [0.15, 0.2) is 5.82 Å². The number of piperidine rings is 1. The van der Waals surface area contributed by atoms with Crippen LogP contribution < -0.4 is 14.9 Å². The molecule has 0 unspecified atom stereocenters. The van der Waals surface area contributed by atoms with Crippen LogP contribution in [0, 0.1) is 11.3 Å². The Hall–Kier alpha value is -2.96. The van der Waals surface area contributed by atoms with Crippen LogP contribution in [0.15, 0.2) is 47.5 Å². The Kier molecular flexibility index (Phi) is 6.80. The summed E-state index contributed by atoms with van der Waals surface area (Å²) in [5, 5.41) is 11.4. The fraction of sp³-hybridized carbons (Fsp3) is 0.350. The number of anilines is 2. The van der Waals surface area contributed by atoms with E-state index < -0.39 is 10.0 Å². The van der Waals surface area contributed by atoms with E-state index in [2.05, 4.69) is 19.9 Å². The number of benzene rings is 1. The normalized spacial score (nSPS) is 14.2. The zero-order valence-corrected chi connectivity index (χ0v) is 16.8. The molecule has 1 aliphatic rings. The summed E-state index contributed by atoms with van der Waals surface area (Å²) in [5.74, 6) is 0.416. The van der Waals surface area contributed by atoms with Gasteiger partial charge in [0.05, 0.1) is 16.7 Å². The van der Waals surface area contributed by atoms with Gasteiger partial charge in [-0.1, -0.05) is 0 Å². The molecule has 1 amide bonds. The van der Waals surface area contributed by atoms with Crippen molar-refractivity contribution in [2.75, 3.05) is 29.9 Å². The Bertz CT molecular complexity index is 994. The molecule has 1 aromatic carbocycles. The maximum absolute atomic E-state index is 12.7. The molecule has 1 aromatic heterocycles. The standard InChI is InChI=1S/C20H23N5O3S/c21-11-5-13-23-29(27,28)17-9-7-16(8-10-17)20(26)24-18-6-4-12-22-19(18)25-14-2-1-3-15-25/h4,6-10,12,23H,1-3,5,13-15H2,(H,24,26). The van der Waals surface area contributed by atoms with E-state index in [0.29, 0.717) is 11.3 Å². The molecule has 8 nitrogen and oxygen atoms in total. The number of nitrogens with one attached hydrogen (secondary N) is 2. The average molecular weight is 414 g/mol. The summed E-state index contributed by atoms with van der Waals surface area (Å²) < 4.78 is 26.7. The van der Waals surface area contributed by atoms with Crippen molar-refractivity contribution in [1.82, 2.24) is 9.71 Å². The van der Waals surface area contributed by atoms with E-state index in [0.717, 1.165) is 31.7 Å². The molecular weight excluding hydrogens is 390 g/mol. The molecule has 0 aliphatic carbocycles. The van der Waals surface area contributed by atoms with Crippen LogP contribution in [0.5, 0.6) is 0 Å². The second kappa shape index (κ2) is 9.49. The number of aromatic nitrogens is 1. The highest BCUT2D eigenvalue weighted by atomic mass is 32.2. The van der Waals surface area contributed by atoms with Crippen LogP contribution >= 0.6 is 0 Å². The third-order valence-electron chi connectivity index (χ3n) is 4.65. The SMILES string of the molecule is N#CCCNS(=O)(=O)c1ccc(C(=O)Nc2cccnc2N2CCCCC2)cc1. The summed E-state index contributed by atoms with van der Waals surface area (Å²) in [7, 11) is -3.70. The number of pyridine rings is 1. The summed E-state index contributed by atoms with van der Waals surface area (Å²) >= 11 is 0. The van der Waals surface area contributed by atoms with Crippen molar-refractivity contribution in [2.24, 2.45) is 0 Å². The highest BCUT2D eigenvalue weighted by Gasteiger charge is 2.18. The minimum Gasteiger partial charge on any atom is -0.355 e. The summed E-state index contributed by atoms with van der Waals surface area (Å²) in [5.41, 5.74) is 0.976. The zero-order chi connectivity index (χ0) is 20.7. The van der Waals surface area contributed by atoms with E-state index >= 15 is 0 Å². The van der Waals surface area contributed by atoms with E-state index in [4.69, 9.17) is 5.26 Å². The van der Waals surface area contributed by atoms with Crippen LogP contribution in [0.25, 0.3) is 0 Å². The Balaban J connectivity index is 1.71. The van der Waals surface area contributed by atoms with Crippen molar-refractivity contribution in [3.05, 3.63) is 48.2 Å². The molecule has 0 radical (unpaired) electrons. The first-order valence-electron chi connectivity index (χ1n) is 9.49. The molecule has 3 rings (SSSR count). The molecule has 9 heteroatoms. The number of hydrogen-bond acceptors (Lipinski definition) is 6. The van der Waals surface area contributed by atoms with Crippen LogP contribution in [0.2, 0.25) is 0 Å². The molecule has 0 atom stereocenters. The fourth-order valence-electron chi connectivity index (χ4n) is 3.16. The first kappa shape index (κ1) is 20.8. The van der Waals surface area contributed by atoms with Crippen LogP contribution in [0.4, 0.5) is 11.5 Å². The van der Waals surface area contributed by atoms with E-state index in [-0.39, 0.29) is 23.8 Å². The minimum atomic E-state index is -3.70. The molecule has 2 N–H and O–H groups in total. The first-order valence-corrected chi connectivity index (χ1v) is 11.0. The summed E-state index contributed by atoms with van der Waals surface area (Å²) in [6.45, 7) is 1.86. The molecule has 2 heterocycles. The monoisotopic (exact) mass is 413 g/mol. The minimum absolute atomic E-state index is 0.0430. The van der Waals surface area contributed by atoms with Gasteiger partial charge in [-0.3, -0.25) is 4.79 Å². The van der Waals surface area contributed by atoms with E-state index in [9.17, 15) is 13.2 Å². The Labute approximate surface area is 170 Å². The lowest BCUT2D eigenvalue weighted by Crippen LogP contribution is -2.31. The molecule has 0 saturated carbocycles. The predicted octanol–water partition coefficient (Wildman–Crippen LogP) is 2.52. The smallest absolute Gasteiger partial charge is 0.255 e. The van der Waals surface area contributed by atoms with Crippen molar-refractivity contribution >= 4 is 27.4 Å². The van der Waals surface area contributed by atoms with E-state index in [1.54, 1.807) is 12.3 Å². The van der Waals surface area contributed by atoms with Gasteiger partial charge < -0.3 is 10.2 Å². The van der Waals surface area contributed by atoms with Crippen molar-refractivity contribution in [3.8, 4) is 6.07 Å². The third kappa shape index (κ3) is 5.31. The van der Waals surface area contributed by atoms with E-state index in [1.807, 2.05) is 12.1 Å². The second-order valence-corrected chi connectivity index (χ2v) is 8.47. The first-order chi connectivity index (χ1) is 14.0. The van der Waals surface area contributed by atoms with Crippen molar-refractivity contribution in [1.29, 1.82) is 5.26 Å². The number of sulfonamides is 1. The molecule has 1 fully saturated rings. The molecule has 0 bridgehead atoms. The van der Waals surface area contributed by atoms with Gasteiger partial charge in [0.1, 0.15) is 0 Å². The lowest BCUT2D eigenvalue weighted by molar-refractivity contribution is 0.102. The van der Waals surface area contributed by atoms with Crippen LogP contribution in [-0.4, -0.2) is 38.9 Å². The van der Waals surface area contributed by atoms with Gasteiger partial charge in [-0.15, -0.1) is 0 Å². The van der Waals surface area contributed by atoms with Gasteiger partial charge in [0.2, 0.25) is 10.0 Å². The van der Waals surface area contributed by atoms with Gasteiger partial charge in [-0.25, -0.2) is 18.1 Å². The maximum atomic E-state index is 12.7. The molecular formula is C20H23N5O3S. The Morgan fingerprint density at radius 1 is 1.14 bits per heavy atom. The number of carbonyl (C=O) groups excluding carboxylic acids is 1. The summed E-state index contributed by atoms with van der Waals surface area (Å²) in [6, 6.07) is 11.1. The largest absolute Gasteiger partial charge is 0.355 e. The summed E-state index contributed by atoms with van der Waals surface area (Å²) in [4.78, 5) is 19.3. The topological polar surface area (TPSA) is 115 Å². The second-order valence-electron chi connectivity index (χ2n) is 6.71. The van der Waals surface area contributed by atoms with Crippen LogP contribution in [0.1, 0.15) is 36.0 Å². The Morgan fingerprint density at radius 2 is 1.86 bits per heavy atom. The highest BCUT2D eigenvalue weighted by Crippen LogP contribution is 2.26. The number of hydrogen-bond donors (Lipinski definition) is 2. The maximum Gasteiger partial charge on any atom is 0.255 e. The molecule has 1 aliphatic heterocycles. The Morgan fingerprint density at radius 3 is 2.55 bits per heavy atom. The highest BCUT2D eigenvalue weighted by molar-refractivity contribution is 7.89. The van der Waals surface area contributed by atoms with Crippen molar-refractivity contribution in [2.45, 2.75) is 30.6 Å². The van der Waals surface area contributed by atoms with Crippen LogP contribution in [-0.2, 0) is 10.0 Å². The quantitative estimate of drug-likeness (QED) is 0.674. The number of carbonyl (C=O) groups is 1. The molecule has 1 saturated heterocycles. The molecule has 29 heavy (non-hydrogen) atoms. The molecule has 2 aromatic rings. The van der Waals surface area contributed by atoms with Gasteiger partial charge in [-0.05, 0) is 55.7 Å². The predicted molar refractivity (Wildman–Crippen MR) is 110 cm³/mol. The third-order valence-corrected chi connectivity index (χ3v) is 6.12. The summed E-state index contributed by atoms with van der Waals surface area (Å²) in [6.07, 6.45) is 5.19. The number of rotatable bonds is 7. The average Bonchev–Trinajstić information content (AvgIpc) is 2.75. The number of nitriles is 1. The van der Waals surface area contributed by atoms with Gasteiger partial charge in [0, 0.05) is 37.8 Å². The molecule has 152 valence electrons. The number of amides is 1. The van der Waals surface area contributed by atoms with Crippen molar-refractivity contribution in [3.63, 3.8) is 0 Å². The van der Waals surface area contributed by atoms with Gasteiger partial charge in [-0.2, -0.15) is 5.26 Å². The number of nitrogens with zero attached hydrogens (tertiary/aromatic N) is 3. The lowest BCUT2D eigenvalue weighted by atomic mass is 10.1. The lowest BCUT2D eigenvalue weighted by Gasteiger charge is -2.29. The van der Waals surface area contributed by atoms with Gasteiger partial charge >= 0.3 is 0 Å². The zero-order valence-electron chi connectivity index (χ0n) is 16.0. The van der Waals surface area contributed by atoms with Gasteiger partial charge in [0.25, 0.3) is 5.91 Å².